The number of benzene rings is 2. The predicted molar refractivity (Wildman–Crippen MR) is 147 cm³/mol. The Morgan fingerprint density at radius 3 is 2.73 bits per heavy atom. The van der Waals surface area contributed by atoms with Crippen molar-refractivity contribution in [2.75, 3.05) is 36.0 Å². The minimum atomic E-state index is -3.24. The van der Waals surface area contributed by atoms with E-state index in [1.54, 1.807) is 22.9 Å². The number of carbonyl (C=O) groups excluding carboxylic acids is 2. The zero-order valence-electron chi connectivity index (χ0n) is 21.3. The maximum absolute atomic E-state index is 15.6. The summed E-state index contributed by atoms with van der Waals surface area (Å²) >= 11 is 3.55. The average molecular weight is 591 g/mol. The highest BCUT2D eigenvalue weighted by atomic mass is 79.9. The number of nitrogens with one attached hydrogen (secondary N) is 1. The number of carbonyl (C=O) groups is 2. The van der Waals surface area contributed by atoms with Gasteiger partial charge in [0.15, 0.2) is 5.60 Å². The Labute approximate surface area is 226 Å². The highest BCUT2D eigenvalue weighted by molar-refractivity contribution is 9.10. The van der Waals surface area contributed by atoms with E-state index in [2.05, 4.69) is 21.2 Å². The molecule has 5 rings (SSSR count). The van der Waals surface area contributed by atoms with E-state index in [-0.39, 0.29) is 24.8 Å². The first kappa shape index (κ1) is 26.5. The van der Waals surface area contributed by atoms with E-state index in [9.17, 15) is 14.7 Å². The summed E-state index contributed by atoms with van der Waals surface area (Å²) in [6, 6.07) is 13.4. The molecule has 2 aromatic rings. The number of rotatable bonds is 6. The van der Waals surface area contributed by atoms with Gasteiger partial charge in [0.25, 0.3) is 5.91 Å². The third kappa shape index (κ3) is 4.46. The van der Waals surface area contributed by atoms with Crippen molar-refractivity contribution >= 4 is 47.5 Å². The summed E-state index contributed by atoms with van der Waals surface area (Å²) in [5.41, 5.74) is 1.42. The van der Waals surface area contributed by atoms with Crippen molar-refractivity contribution in [1.82, 2.24) is 5.32 Å². The number of nitrogens with zero attached hydrogens (tertiary/aromatic N) is 2. The van der Waals surface area contributed by atoms with Crippen LogP contribution in [0.1, 0.15) is 24.5 Å². The fourth-order valence-electron chi connectivity index (χ4n) is 6.46. The standard InChI is InChI=1S/C27H33BrFN3O4Si/c1-17-25(37(2,3)29)23(9-12-33)36-27(17)21-14-19(28)7-8-22(21)32(26(27)35)16-18-5-4-6-20(13-18)31-11-10-30-15-24(31)34/h4-8,13-14,17,23,25,30,33H,9-12,15-16H2,1-3H3/t17-,23+,25-,27+/m1/s1. The lowest BCUT2D eigenvalue weighted by atomic mass is 9.82. The number of piperazine rings is 1. The molecule has 0 radical (unpaired) electrons. The van der Waals surface area contributed by atoms with Gasteiger partial charge in [0.2, 0.25) is 14.3 Å². The van der Waals surface area contributed by atoms with Crippen molar-refractivity contribution in [2.45, 2.75) is 50.2 Å². The quantitative estimate of drug-likeness (QED) is 0.392. The Hall–Kier alpha value is -2.11. The van der Waals surface area contributed by atoms with Crippen molar-refractivity contribution in [3.63, 3.8) is 0 Å². The van der Waals surface area contributed by atoms with Crippen LogP contribution in [0.3, 0.4) is 0 Å². The molecular formula is C27H33BrFN3O4Si. The molecule has 2 fully saturated rings. The second kappa shape index (κ2) is 9.89. The topological polar surface area (TPSA) is 82.1 Å². The van der Waals surface area contributed by atoms with Gasteiger partial charge in [-0.2, -0.15) is 0 Å². The zero-order valence-corrected chi connectivity index (χ0v) is 23.9. The molecular weight excluding hydrogens is 557 g/mol. The van der Waals surface area contributed by atoms with E-state index >= 15 is 4.11 Å². The third-order valence-corrected chi connectivity index (χ3v) is 10.9. The molecule has 2 N–H and O–H groups in total. The summed E-state index contributed by atoms with van der Waals surface area (Å²) in [5, 5.41) is 12.8. The fourth-order valence-corrected chi connectivity index (χ4v) is 9.36. The lowest BCUT2D eigenvalue weighted by Crippen LogP contribution is -2.48. The molecule has 3 aliphatic rings. The molecule has 0 bridgehead atoms. The summed E-state index contributed by atoms with van der Waals surface area (Å²) in [6.45, 7) is 7.02. The van der Waals surface area contributed by atoms with Crippen molar-refractivity contribution in [3.8, 4) is 0 Å². The number of hydrogen-bond acceptors (Lipinski definition) is 5. The predicted octanol–water partition coefficient (Wildman–Crippen LogP) is 4.09. The molecule has 37 heavy (non-hydrogen) atoms. The van der Waals surface area contributed by atoms with Gasteiger partial charge in [0.05, 0.1) is 24.9 Å². The van der Waals surface area contributed by atoms with Crippen molar-refractivity contribution in [1.29, 1.82) is 0 Å². The average Bonchev–Trinajstić information content (AvgIpc) is 3.26. The van der Waals surface area contributed by atoms with Crippen molar-refractivity contribution in [2.24, 2.45) is 5.92 Å². The van der Waals surface area contributed by atoms with Gasteiger partial charge >= 0.3 is 0 Å². The van der Waals surface area contributed by atoms with Crippen molar-refractivity contribution < 1.29 is 23.5 Å². The number of fused-ring (bicyclic) bond motifs is 2. The largest absolute Gasteiger partial charge is 0.396 e. The molecule has 4 atom stereocenters. The molecule has 2 amide bonds. The first-order valence-electron chi connectivity index (χ1n) is 12.8. The lowest BCUT2D eigenvalue weighted by molar-refractivity contribution is -0.146. The fraction of sp³-hybridized carbons (Fsp3) is 0.481. The lowest BCUT2D eigenvalue weighted by Gasteiger charge is -2.31. The van der Waals surface area contributed by atoms with Crippen LogP contribution < -0.4 is 15.1 Å². The molecule has 2 saturated heterocycles. The van der Waals surface area contributed by atoms with Crippen LogP contribution in [0.2, 0.25) is 18.6 Å². The van der Waals surface area contributed by atoms with Crippen LogP contribution in [0, 0.1) is 5.92 Å². The van der Waals surface area contributed by atoms with Gasteiger partial charge in [-0.1, -0.05) is 35.0 Å². The molecule has 7 nitrogen and oxygen atoms in total. The first-order chi connectivity index (χ1) is 17.6. The monoisotopic (exact) mass is 589 g/mol. The number of halogens is 2. The summed E-state index contributed by atoms with van der Waals surface area (Å²) in [6.07, 6.45) is -0.251. The Kier molecular flexibility index (Phi) is 7.08. The van der Waals surface area contributed by atoms with Crippen LogP contribution in [-0.2, 0) is 26.5 Å². The second-order valence-electron chi connectivity index (χ2n) is 10.7. The molecule has 0 aliphatic carbocycles. The third-order valence-electron chi connectivity index (χ3n) is 7.99. The van der Waals surface area contributed by atoms with E-state index in [1.165, 1.54) is 0 Å². The molecule has 10 heteroatoms. The number of amides is 2. The zero-order chi connectivity index (χ0) is 26.5. The molecule has 3 aliphatic heterocycles. The summed E-state index contributed by atoms with van der Waals surface area (Å²) in [7, 11) is -3.24. The van der Waals surface area contributed by atoms with Crippen LogP contribution >= 0.6 is 15.9 Å². The van der Waals surface area contributed by atoms with Crippen LogP contribution in [0.15, 0.2) is 46.9 Å². The molecule has 0 unspecified atom stereocenters. The van der Waals surface area contributed by atoms with E-state index in [1.807, 2.05) is 49.4 Å². The van der Waals surface area contributed by atoms with Gasteiger partial charge in [-0.3, -0.25) is 9.59 Å². The molecule has 0 saturated carbocycles. The minimum absolute atomic E-state index is 0.0157. The van der Waals surface area contributed by atoms with Gasteiger partial charge in [0, 0.05) is 46.9 Å². The van der Waals surface area contributed by atoms with Crippen molar-refractivity contribution in [3.05, 3.63) is 58.1 Å². The molecule has 2 aromatic carbocycles. The van der Waals surface area contributed by atoms with E-state index in [0.717, 1.165) is 33.5 Å². The number of aliphatic hydroxyl groups excluding tert-OH is 1. The minimum Gasteiger partial charge on any atom is -0.396 e. The van der Waals surface area contributed by atoms with Crippen LogP contribution in [0.25, 0.3) is 0 Å². The second-order valence-corrected chi connectivity index (χ2v) is 15.4. The Morgan fingerprint density at radius 1 is 1.24 bits per heavy atom. The Morgan fingerprint density at radius 2 is 2.03 bits per heavy atom. The van der Waals surface area contributed by atoms with E-state index in [4.69, 9.17) is 4.74 Å². The Bertz CT molecular complexity index is 1220. The highest BCUT2D eigenvalue weighted by Crippen LogP contribution is 2.60. The summed E-state index contributed by atoms with van der Waals surface area (Å²) in [5.74, 6) is -0.589. The smallest absolute Gasteiger partial charge is 0.264 e. The molecule has 198 valence electrons. The number of hydrogen-bond donors (Lipinski definition) is 2. The van der Waals surface area contributed by atoms with Gasteiger partial charge in [-0.25, -0.2) is 0 Å². The number of aliphatic hydroxyl groups is 1. The molecule has 1 spiro atoms. The maximum Gasteiger partial charge on any atom is 0.264 e. The van der Waals surface area contributed by atoms with Crippen LogP contribution in [0.4, 0.5) is 15.5 Å². The van der Waals surface area contributed by atoms with E-state index in [0.29, 0.717) is 19.6 Å². The molecule has 3 heterocycles. The molecule has 0 aromatic heterocycles. The normalized spacial score (nSPS) is 27.9. The number of anilines is 2. The van der Waals surface area contributed by atoms with Gasteiger partial charge in [-0.05, 0) is 55.4 Å². The SMILES string of the molecule is C[C@@H]1[C@@H]([Si](C)(C)F)[C@H](CCO)O[C@@]12C(=O)N(Cc1cccc(N3CCNCC3=O)c1)c1ccc(Br)cc12. The Balaban J connectivity index is 1.53. The van der Waals surface area contributed by atoms with E-state index < -0.39 is 31.6 Å². The maximum atomic E-state index is 15.6. The number of ether oxygens (including phenoxy) is 1. The highest BCUT2D eigenvalue weighted by Gasteiger charge is 2.66. The van der Waals surface area contributed by atoms with Crippen LogP contribution in [-0.4, -0.2) is 57.7 Å². The van der Waals surface area contributed by atoms with Gasteiger partial charge < -0.3 is 29.1 Å². The first-order valence-corrected chi connectivity index (χ1v) is 16.5. The summed E-state index contributed by atoms with van der Waals surface area (Å²) in [4.78, 5) is 30.2. The van der Waals surface area contributed by atoms with Gasteiger partial charge in [0.1, 0.15) is 0 Å². The van der Waals surface area contributed by atoms with Gasteiger partial charge in [-0.15, -0.1) is 0 Å². The van der Waals surface area contributed by atoms with Crippen LogP contribution in [0.5, 0.6) is 0 Å². The summed E-state index contributed by atoms with van der Waals surface area (Å²) < 4.78 is 23.0.